The van der Waals surface area contributed by atoms with Crippen LogP contribution in [0.2, 0.25) is 0 Å². The van der Waals surface area contributed by atoms with E-state index in [1.165, 1.54) is 0 Å². The molecule has 0 unspecified atom stereocenters. The fourth-order valence-electron chi connectivity index (χ4n) is 6.29. The number of aliphatic imine (C=N–C) groups is 2. The predicted octanol–water partition coefficient (Wildman–Crippen LogP) is 9.65. The van der Waals surface area contributed by atoms with Crippen molar-refractivity contribution in [3.05, 3.63) is 156 Å². The van der Waals surface area contributed by atoms with Gasteiger partial charge in [-0.2, -0.15) is 0 Å². The SMILES string of the molecule is c1ccc(C2=NC(c3cccc4oc5c(-c6ccc7c(c6)oc6ccccc67)cccc5c34)N=C(c3ccccc3)N2)cc1. The first kappa shape index (κ1) is 24.6. The van der Waals surface area contributed by atoms with E-state index in [0.29, 0.717) is 0 Å². The Bertz CT molecular complexity index is 2360. The highest BCUT2D eigenvalue weighted by Gasteiger charge is 2.24. The van der Waals surface area contributed by atoms with Crippen molar-refractivity contribution in [2.24, 2.45) is 9.98 Å². The number of furan rings is 2. The Kier molecular flexibility index (Phi) is 5.50. The first-order valence-corrected chi connectivity index (χ1v) is 14.7. The van der Waals surface area contributed by atoms with Gasteiger partial charge >= 0.3 is 0 Å². The minimum absolute atomic E-state index is 0.457. The molecule has 5 heteroatoms. The average molecular weight is 568 g/mol. The highest BCUT2D eigenvalue weighted by Crippen LogP contribution is 2.41. The molecule has 0 bridgehead atoms. The van der Waals surface area contributed by atoms with Crippen LogP contribution in [0.15, 0.2) is 158 Å². The normalized spacial score (nSPS) is 13.8. The van der Waals surface area contributed by atoms with E-state index in [2.05, 4.69) is 78.1 Å². The Balaban J connectivity index is 1.22. The Morgan fingerprint density at radius 1 is 0.477 bits per heavy atom. The molecule has 0 spiro atoms. The van der Waals surface area contributed by atoms with Crippen LogP contribution in [-0.4, -0.2) is 11.7 Å². The molecule has 5 nitrogen and oxygen atoms in total. The molecule has 9 rings (SSSR count). The van der Waals surface area contributed by atoms with Crippen LogP contribution in [0, 0.1) is 0 Å². The van der Waals surface area contributed by atoms with Gasteiger partial charge in [-0.3, -0.25) is 0 Å². The summed E-state index contributed by atoms with van der Waals surface area (Å²) in [5.41, 5.74) is 8.45. The average Bonchev–Trinajstić information content (AvgIpc) is 3.67. The van der Waals surface area contributed by atoms with E-state index >= 15 is 0 Å². The van der Waals surface area contributed by atoms with Gasteiger partial charge in [0.2, 0.25) is 0 Å². The molecule has 0 aliphatic carbocycles. The van der Waals surface area contributed by atoms with E-state index < -0.39 is 6.17 Å². The number of benzene rings is 6. The van der Waals surface area contributed by atoms with Crippen molar-refractivity contribution in [1.29, 1.82) is 0 Å². The lowest BCUT2D eigenvalue weighted by Gasteiger charge is -2.22. The summed E-state index contributed by atoms with van der Waals surface area (Å²) in [4.78, 5) is 10.3. The molecule has 0 saturated carbocycles. The van der Waals surface area contributed by atoms with Crippen LogP contribution in [0.4, 0.5) is 0 Å². The van der Waals surface area contributed by atoms with Gasteiger partial charge in [-0.25, -0.2) is 9.98 Å². The van der Waals surface area contributed by atoms with E-state index in [1.807, 2.05) is 66.7 Å². The van der Waals surface area contributed by atoms with Crippen LogP contribution in [0.5, 0.6) is 0 Å². The van der Waals surface area contributed by atoms with E-state index in [4.69, 9.17) is 18.8 Å². The van der Waals surface area contributed by atoms with Crippen molar-refractivity contribution in [2.75, 3.05) is 0 Å². The minimum atomic E-state index is -0.457. The summed E-state index contributed by atoms with van der Waals surface area (Å²) < 4.78 is 12.8. The van der Waals surface area contributed by atoms with Gasteiger partial charge in [0.25, 0.3) is 0 Å². The zero-order chi connectivity index (χ0) is 29.0. The Labute approximate surface area is 252 Å². The molecule has 0 atom stereocenters. The number of nitrogens with one attached hydrogen (secondary N) is 1. The third-order valence-corrected chi connectivity index (χ3v) is 8.36. The second kappa shape index (κ2) is 9.82. The second-order valence-electron chi connectivity index (χ2n) is 11.0. The molecule has 3 heterocycles. The second-order valence-corrected chi connectivity index (χ2v) is 11.0. The van der Waals surface area contributed by atoms with Gasteiger partial charge in [0, 0.05) is 43.8 Å². The highest BCUT2D eigenvalue weighted by atomic mass is 16.3. The summed E-state index contributed by atoms with van der Waals surface area (Å²) in [6.45, 7) is 0. The summed E-state index contributed by atoms with van der Waals surface area (Å²) >= 11 is 0. The number of para-hydroxylation sites is 2. The van der Waals surface area contributed by atoms with Gasteiger partial charge in [-0.15, -0.1) is 0 Å². The van der Waals surface area contributed by atoms with Crippen LogP contribution >= 0.6 is 0 Å². The maximum Gasteiger partial charge on any atom is 0.170 e. The van der Waals surface area contributed by atoms with E-state index in [1.54, 1.807) is 0 Å². The Morgan fingerprint density at radius 2 is 1.11 bits per heavy atom. The molecule has 1 N–H and O–H groups in total. The molecule has 8 aromatic rings. The molecule has 2 aromatic heterocycles. The Hall–Kier alpha value is -5.94. The van der Waals surface area contributed by atoms with Crippen LogP contribution in [-0.2, 0) is 0 Å². The lowest BCUT2D eigenvalue weighted by molar-refractivity contribution is 0.667. The van der Waals surface area contributed by atoms with Crippen molar-refractivity contribution in [3.63, 3.8) is 0 Å². The van der Waals surface area contributed by atoms with Gasteiger partial charge in [0.1, 0.15) is 34.0 Å². The van der Waals surface area contributed by atoms with Gasteiger partial charge < -0.3 is 14.2 Å². The van der Waals surface area contributed by atoms with E-state index in [0.717, 1.165) is 83.4 Å². The van der Waals surface area contributed by atoms with Gasteiger partial charge in [0.05, 0.1) is 0 Å². The Morgan fingerprint density at radius 3 is 1.89 bits per heavy atom. The van der Waals surface area contributed by atoms with Crippen LogP contribution in [0.25, 0.3) is 55.0 Å². The molecule has 0 saturated heterocycles. The molecular weight excluding hydrogens is 542 g/mol. The molecule has 1 aliphatic heterocycles. The van der Waals surface area contributed by atoms with Crippen LogP contribution in [0.1, 0.15) is 22.9 Å². The maximum atomic E-state index is 6.62. The van der Waals surface area contributed by atoms with Crippen LogP contribution in [0.3, 0.4) is 0 Å². The molecule has 44 heavy (non-hydrogen) atoms. The topological polar surface area (TPSA) is 63.0 Å². The first-order valence-electron chi connectivity index (χ1n) is 14.7. The molecule has 208 valence electrons. The van der Waals surface area contributed by atoms with Crippen molar-refractivity contribution in [2.45, 2.75) is 6.17 Å². The van der Waals surface area contributed by atoms with Gasteiger partial charge in [0.15, 0.2) is 6.17 Å². The molecule has 0 radical (unpaired) electrons. The summed E-state index contributed by atoms with van der Waals surface area (Å²) in [6, 6.07) is 47.4. The molecule has 6 aromatic carbocycles. The molecule has 0 fully saturated rings. The molecule has 0 amide bonds. The number of hydrogen-bond donors (Lipinski definition) is 1. The zero-order valence-corrected chi connectivity index (χ0v) is 23.6. The summed E-state index contributed by atoms with van der Waals surface area (Å²) in [6.07, 6.45) is -0.457. The lowest BCUT2D eigenvalue weighted by Crippen LogP contribution is -2.36. The fourth-order valence-corrected chi connectivity index (χ4v) is 6.29. The number of rotatable bonds is 4. The quantitative estimate of drug-likeness (QED) is 0.230. The van der Waals surface area contributed by atoms with Crippen LogP contribution < -0.4 is 5.32 Å². The minimum Gasteiger partial charge on any atom is -0.456 e. The predicted molar refractivity (Wildman–Crippen MR) is 178 cm³/mol. The zero-order valence-electron chi connectivity index (χ0n) is 23.6. The molecule has 1 aliphatic rings. The summed E-state index contributed by atoms with van der Waals surface area (Å²) in [5.74, 6) is 1.57. The van der Waals surface area contributed by atoms with E-state index in [9.17, 15) is 0 Å². The fraction of sp³-hybridized carbons (Fsp3) is 0.0256. The third-order valence-electron chi connectivity index (χ3n) is 8.36. The number of fused-ring (bicyclic) bond motifs is 6. The van der Waals surface area contributed by atoms with Crippen molar-refractivity contribution in [1.82, 2.24) is 5.32 Å². The number of amidine groups is 2. The summed E-state index contributed by atoms with van der Waals surface area (Å²) in [7, 11) is 0. The maximum absolute atomic E-state index is 6.62. The van der Waals surface area contributed by atoms with Crippen molar-refractivity contribution in [3.8, 4) is 11.1 Å². The van der Waals surface area contributed by atoms with Crippen molar-refractivity contribution < 1.29 is 8.83 Å². The number of nitrogens with zero attached hydrogens (tertiary/aromatic N) is 2. The smallest absolute Gasteiger partial charge is 0.170 e. The first-order chi connectivity index (χ1) is 21.8. The van der Waals surface area contributed by atoms with Gasteiger partial charge in [-0.1, -0.05) is 115 Å². The van der Waals surface area contributed by atoms with Gasteiger partial charge in [-0.05, 0) is 29.8 Å². The van der Waals surface area contributed by atoms with E-state index in [-0.39, 0.29) is 0 Å². The standard InChI is InChI=1S/C39H25N3O2/c1-3-11-24(12-4-1)37-40-38(25-13-5-2-6-14-25)42-39(41-37)31-18-10-20-33-35(31)30-17-9-16-27(36(30)44-33)26-21-22-29-28-15-7-8-19-32(28)43-34(29)23-26/h1-23,39H,(H,40,41,42). The lowest BCUT2D eigenvalue weighted by atomic mass is 9.99. The highest BCUT2D eigenvalue weighted by molar-refractivity contribution is 6.17. The number of hydrogen-bond acceptors (Lipinski definition) is 5. The van der Waals surface area contributed by atoms with Crippen molar-refractivity contribution >= 4 is 55.5 Å². The summed E-state index contributed by atoms with van der Waals surface area (Å²) in [5, 5.41) is 7.76. The largest absolute Gasteiger partial charge is 0.456 e. The third kappa shape index (κ3) is 3.94. The molecular formula is C39H25N3O2. The monoisotopic (exact) mass is 567 g/mol.